The molecule has 0 saturated carbocycles. The third kappa shape index (κ3) is 5.63. The average molecular weight is 362 g/mol. The van der Waals surface area contributed by atoms with Crippen LogP contribution in [0.25, 0.3) is 0 Å². The summed E-state index contributed by atoms with van der Waals surface area (Å²) in [5, 5.41) is 0. The lowest BCUT2D eigenvalue weighted by Crippen LogP contribution is -2.37. The molecule has 1 fully saturated rings. The molecule has 0 aliphatic carbocycles. The number of ether oxygens (including phenoxy) is 2. The molecule has 4 nitrogen and oxygen atoms in total. The Morgan fingerprint density at radius 3 is 2.56 bits per heavy atom. The molecular formula is C20H26O4S. The van der Waals surface area contributed by atoms with Crippen LogP contribution in [0, 0.1) is 17.8 Å². The molecule has 1 aromatic carbocycles. The first kappa shape index (κ1) is 19.6. The van der Waals surface area contributed by atoms with Gasteiger partial charge in [-0.1, -0.05) is 35.9 Å². The van der Waals surface area contributed by atoms with E-state index < -0.39 is 11.8 Å². The molecule has 1 heterocycles. The van der Waals surface area contributed by atoms with E-state index in [2.05, 4.69) is 6.58 Å². The summed E-state index contributed by atoms with van der Waals surface area (Å²) in [5.74, 6) is 0.326. The van der Waals surface area contributed by atoms with Gasteiger partial charge in [0.1, 0.15) is 6.61 Å². The van der Waals surface area contributed by atoms with Crippen molar-refractivity contribution in [3.63, 3.8) is 0 Å². The fraction of sp³-hybridized carbons (Fsp3) is 0.500. The number of thioether (sulfide) groups is 1. The van der Waals surface area contributed by atoms with Crippen LogP contribution in [-0.2, 0) is 25.7 Å². The van der Waals surface area contributed by atoms with E-state index in [0.29, 0.717) is 6.42 Å². The van der Waals surface area contributed by atoms with Gasteiger partial charge in [-0.2, -0.15) is 11.8 Å². The number of carbonyl (C=O) groups is 2. The van der Waals surface area contributed by atoms with Crippen molar-refractivity contribution in [2.24, 2.45) is 17.8 Å². The van der Waals surface area contributed by atoms with Crippen molar-refractivity contribution in [3.05, 3.63) is 48.0 Å². The number of benzene rings is 1. The maximum absolute atomic E-state index is 12.9. The number of esters is 2. The minimum Gasteiger partial charge on any atom is -0.469 e. The lowest BCUT2D eigenvalue weighted by Gasteiger charge is -2.28. The van der Waals surface area contributed by atoms with E-state index in [4.69, 9.17) is 9.47 Å². The number of hydrogen-bond acceptors (Lipinski definition) is 5. The SMILES string of the molecule is C=C(C)CC(C(=O)OC)C(C(=O)OCc1ccccc1)C1CCSC1. The summed E-state index contributed by atoms with van der Waals surface area (Å²) < 4.78 is 10.5. The van der Waals surface area contributed by atoms with Crippen molar-refractivity contribution in [2.75, 3.05) is 18.6 Å². The molecule has 0 aromatic heterocycles. The van der Waals surface area contributed by atoms with Crippen LogP contribution >= 0.6 is 11.8 Å². The Morgan fingerprint density at radius 2 is 2.00 bits per heavy atom. The molecule has 0 bridgehead atoms. The highest BCUT2D eigenvalue weighted by Crippen LogP contribution is 2.37. The Labute approximate surface area is 154 Å². The van der Waals surface area contributed by atoms with Gasteiger partial charge in [-0.15, -0.1) is 6.58 Å². The average Bonchev–Trinajstić information content (AvgIpc) is 3.13. The van der Waals surface area contributed by atoms with E-state index >= 15 is 0 Å². The van der Waals surface area contributed by atoms with Crippen LogP contribution in [0.3, 0.4) is 0 Å². The van der Waals surface area contributed by atoms with Crippen LogP contribution < -0.4 is 0 Å². The predicted octanol–water partition coefficient (Wildman–Crippen LogP) is 3.85. The zero-order chi connectivity index (χ0) is 18.2. The van der Waals surface area contributed by atoms with E-state index in [-0.39, 0.29) is 24.5 Å². The quantitative estimate of drug-likeness (QED) is 0.519. The van der Waals surface area contributed by atoms with Crippen molar-refractivity contribution >= 4 is 23.7 Å². The van der Waals surface area contributed by atoms with Gasteiger partial charge in [0.05, 0.1) is 18.9 Å². The molecule has 1 aliphatic heterocycles. The van der Waals surface area contributed by atoms with E-state index in [1.807, 2.05) is 49.0 Å². The van der Waals surface area contributed by atoms with Crippen molar-refractivity contribution in [3.8, 4) is 0 Å². The van der Waals surface area contributed by atoms with Crippen LogP contribution in [0.5, 0.6) is 0 Å². The second kappa shape index (κ2) is 9.66. The predicted molar refractivity (Wildman–Crippen MR) is 100 cm³/mol. The second-order valence-corrected chi connectivity index (χ2v) is 7.68. The number of methoxy groups -OCH3 is 1. The van der Waals surface area contributed by atoms with Crippen LogP contribution in [0.15, 0.2) is 42.5 Å². The fourth-order valence-corrected chi connectivity index (χ4v) is 4.54. The Kier molecular flexibility index (Phi) is 7.56. The molecule has 1 aliphatic rings. The molecule has 0 spiro atoms. The highest BCUT2D eigenvalue weighted by molar-refractivity contribution is 7.99. The summed E-state index contributed by atoms with van der Waals surface area (Å²) in [7, 11) is 1.36. The zero-order valence-electron chi connectivity index (χ0n) is 14.9. The standard InChI is InChI=1S/C20H26O4S/c1-14(2)11-17(19(21)23-3)18(16-9-10-25-13-16)20(22)24-12-15-7-5-4-6-8-15/h4-8,16-18H,1,9-13H2,2-3H3. The molecule has 1 saturated heterocycles. The maximum Gasteiger partial charge on any atom is 0.310 e. The summed E-state index contributed by atoms with van der Waals surface area (Å²) in [6.45, 7) is 5.99. The summed E-state index contributed by atoms with van der Waals surface area (Å²) in [6.07, 6.45) is 1.36. The van der Waals surface area contributed by atoms with Crippen molar-refractivity contribution in [2.45, 2.75) is 26.4 Å². The first-order valence-electron chi connectivity index (χ1n) is 8.53. The van der Waals surface area contributed by atoms with E-state index in [1.165, 1.54) is 7.11 Å². The largest absolute Gasteiger partial charge is 0.469 e. The van der Waals surface area contributed by atoms with Crippen molar-refractivity contribution in [1.82, 2.24) is 0 Å². The third-order valence-corrected chi connectivity index (χ3v) is 5.66. The lowest BCUT2D eigenvalue weighted by atomic mass is 9.78. The molecule has 1 aromatic rings. The molecular weight excluding hydrogens is 336 g/mol. The molecule has 25 heavy (non-hydrogen) atoms. The Balaban J connectivity index is 2.16. The molecule has 0 N–H and O–H groups in total. The van der Waals surface area contributed by atoms with Gasteiger partial charge in [-0.05, 0) is 42.8 Å². The fourth-order valence-electron chi connectivity index (χ4n) is 3.23. The van der Waals surface area contributed by atoms with Gasteiger partial charge in [0.2, 0.25) is 0 Å². The Bertz CT molecular complexity index is 593. The highest BCUT2D eigenvalue weighted by Gasteiger charge is 2.42. The van der Waals surface area contributed by atoms with E-state index in [0.717, 1.165) is 29.1 Å². The normalized spacial score (nSPS) is 19.0. The highest BCUT2D eigenvalue weighted by atomic mass is 32.2. The Morgan fingerprint density at radius 1 is 1.28 bits per heavy atom. The number of hydrogen-bond donors (Lipinski definition) is 0. The van der Waals surface area contributed by atoms with Crippen LogP contribution in [0.1, 0.15) is 25.3 Å². The van der Waals surface area contributed by atoms with Crippen LogP contribution in [-0.4, -0.2) is 30.6 Å². The van der Waals surface area contributed by atoms with Crippen LogP contribution in [0.4, 0.5) is 0 Å². The monoisotopic (exact) mass is 362 g/mol. The van der Waals surface area contributed by atoms with Gasteiger partial charge in [0.25, 0.3) is 0 Å². The van der Waals surface area contributed by atoms with Gasteiger partial charge >= 0.3 is 11.9 Å². The molecule has 0 amide bonds. The van der Waals surface area contributed by atoms with E-state index in [1.54, 1.807) is 0 Å². The number of rotatable bonds is 8. The molecule has 3 unspecified atom stereocenters. The lowest BCUT2D eigenvalue weighted by molar-refractivity contribution is -0.162. The van der Waals surface area contributed by atoms with Crippen molar-refractivity contribution < 1.29 is 19.1 Å². The van der Waals surface area contributed by atoms with Gasteiger partial charge in [0, 0.05) is 0 Å². The molecule has 0 radical (unpaired) electrons. The summed E-state index contributed by atoms with van der Waals surface area (Å²) in [4.78, 5) is 25.2. The molecule has 3 atom stereocenters. The van der Waals surface area contributed by atoms with Gasteiger partial charge < -0.3 is 9.47 Å². The summed E-state index contributed by atoms with van der Waals surface area (Å²) >= 11 is 1.82. The first-order chi connectivity index (χ1) is 12.0. The minimum atomic E-state index is -0.533. The van der Waals surface area contributed by atoms with Gasteiger partial charge in [-0.25, -0.2) is 0 Å². The molecule has 2 rings (SSSR count). The molecule has 136 valence electrons. The van der Waals surface area contributed by atoms with Gasteiger partial charge in [-0.3, -0.25) is 9.59 Å². The number of allylic oxidation sites excluding steroid dienone is 1. The summed E-state index contributed by atoms with van der Waals surface area (Å²) in [5.41, 5.74) is 1.80. The molecule has 5 heteroatoms. The third-order valence-electron chi connectivity index (χ3n) is 4.47. The first-order valence-corrected chi connectivity index (χ1v) is 9.69. The van der Waals surface area contributed by atoms with Gasteiger partial charge in [0.15, 0.2) is 0 Å². The van der Waals surface area contributed by atoms with Crippen LogP contribution in [0.2, 0.25) is 0 Å². The zero-order valence-corrected chi connectivity index (χ0v) is 15.7. The maximum atomic E-state index is 12.9. The summed E-state index contributed by atoms with van der Waals surface area (Å²) in [6, 6.07) is 9.57. The van der Waals surface area contributed by atoms with Crippen molar-refractivity contribution in [1.29, 1.82) is 0 Å². The van der Waals surface area contributed by atoms with E-state index in [9.17, 15) is 9.59 Å². The second-order valence-electron chi connectivity index (χ2n) is 6.53. The number of carbonyl (C=O) groups excluding carboxylic acids is 2. The Hall–Kier alpha value is -1.75. The smallest absolute Gasteiger partial charge is 0.310 e. The minimum absolute atomic E-state index is 0.136. The topological polar surface area (TPSA) is 52.6 Å².